The standard InChI is InChI=1S/C16H19NO7/c1-7-4-8-2-3-9(5-10(8)23-15(7)21)17-12-14(20)13(19)11(6-18)24-16(12)22/h2-5,11-14,16-20,22H,6H2,1H3/t11?,12?,13-,14-,16?/m1/s1. The van der Waals surface area contributed by atoms with Crippen LogP contribution in [-0.2, 0) is 4.74 Å². The number of ether oxygens (including phenoxy) is 1. The van der Waals surface area contributed by atoms with Gasteiger partial charge in [0.2, 0.25) is 0 Å². The first kappa shape index (κ1) is 16.9. The summed E-state index contributed by atoms with van der Waals surface area (Å²) in [5.41, 5.74) is 0.871. The number of hydrogen-bond donors (Lipinski definition) is 5. The van der Waals surface area contributed by atoms with Gasteiger partial charge in [-0.1, -0.05) is 0 Å². The molecule has 1 saturated heterocycles. The molecule has 5 atom stereocenters. The number of fused-ring (bicyclic) bond motifs is 1. The van der Waals surface area contributed by atoms with Crippen LogP contribution in [0.25, 0.3) is 11.0 Å². The number of rotatable bonds is 3. The largest absolute Gasteiger partial charge is 0.422 e. The van der Waals surface area contributed by atoms with Gasteiger partial charge in [-0.25, -0.2) is 4.79 Å². The maximum absolute atomic E-state index is 11.6. The van der Waals surface area contributed by atoms with Crippen molar-refractivity contribution in [2.75, 3.05) is 11.9 Å². The van der Waals surface area contributed by atoms with Gasteiger partial charge in [0, 0.05) is 22.7 Å². The highest BCUT2D eigenvalue weighted by Crippen LogP contribution is 2.25. The smallest absolute Gasteiger partial charge is 0.339 e. The molecule has 2 aromatic rings. The number of anilines is 1. The van der Waals surface area contributed by atoms with Crippen molar-refractivity contribution in [3.05, 3.63) is 40.2 Å². The second-order valence-corrected chi connectivity index (χ2v) is 5.87. The highest BCUT2D eigenvalue weighted by molar-refractivity contribution is 5.80. The third-order valence-electron chi connectivity index (χ3n) is 4.14. The summed E-state index contributed by atoms with van der Waals surface area (Å²) in [6, 6.07) is 5.65. The molecule has 24 heavy (non-hydrogen) atoms. The summed E-state index contributed by atoms with van der Waals surface area (Å²) in [5, 5.41) is 42.7. The molecule has 1 aliphatic heterocycles. The lowest BCUT2D eigenvalue weighted by molar-refractivity contribution is -0.245. The zero-order valence-electron chi connectivity index (χ0n) is 12.9. The summed E-state index contributed by atoms with van der Waals surface area (Å²) in [4.78, 5) is 11.6. The molecule has 0 aliphatic carbocycles. The Labute approximate surface area is 136 Å². The highest BCUT2D eigenvalue weighted by atomic mass is 16.6. The zero-order valence-corrected chi connectivity index (χ0v) is 12.9. The molecule has 0 radical (unpaired) electrons. The average molecular weight is 337 g/mol. The topological polar surface area (TPSA) is 132 Å². The van der Waals surface area contributed by atoms with Gasteiger partial charge in [0.05, 0.1) is 6.61 Å². The number of nitrogens with one attached hydrogen (secondary N) is 1. The Kier molecular flexibility index (Phi) is 4.57. The van der Waals surface area contributed by atoms with E-state index in [4.69, 9.17) is 14.3 Å². The van der Waals surface area contributed by atoms with Crippen LogP contribution in [0.2, 0.25) is 0 Å². The van der Waals surface area contributed by atoms with Crippen molar-refractivity contribution in [1.82, 2.24) is 0 Å². The number of hydrogen-bond acceptors (Lipinski definition) is 8. The molecule has 0 saturated carbocycles. The molecule has 0 amide bonds. The molecular weight excluding hydrogens is 318 g/mol. The second kappa shape index (κ2) is 6.50. The Bertz CT molecular complexity index is 790. The molecule has 3 unspecified atom stereocenters. The SMILES string of the molecule is Cc1cc2ccc(NC3C(O)OC(CO)[C@@H](O)[C@@H]3O)cc2oc1=O. The fourth-order valence-electron chi connectivity index (χ4n) is 2.75. The first-order valence-corrected chi connectivity index (χ1v) is 7.52. The third kappa shape index (κ3) is 3.02. The Morgan fingerprint density at radius 3 is 2.62 bits per heavy atom. The summed E-state index contributed by atoms with van der Waals surface area (Å²) in [5.74, 6) is 0. The van der Waals surface area contributed by atoms with Crippen molar-refractivity contribution < 1.29 is 29.6 Å². The van der Waals surface area contributed by atoms with Gasteiger partial charge in [0.25, 0.3) is 0 Å². The predicted octanol–water partition coefficient (Wildman–Crippen LogP) is -0.687. The lowest BCUT2D eigenvalue weighted by Gasteiger charge is -2.40. The van der Waals surface area contributed by atoms with Crippen LogP contribution in [0.4, 0.5) is 5.69 Å². The maximum Gasteiger partial charge on any atom is 0.339 e. The second-order valence-electron chi connectivity index (χ2n) is 5.87. The molecule has 2 heterocycles. The number of aryl methyl sites for hydroxylation is 1. The number of aliphatic hydroxyl groups excluding tert-OH is 4. The van der Waals surface area contributed by atoms with E-state index in [1.54, 1.807) is 31.2 Å². The molecular formula is C16H19NO7. The van der Waals surface area contributed by atoms with E-state index in [1.807, 2.05) is 0 Å². The quantitative estimate of drug-likeness (QED) is 0.465. The average Bonchev–Trinajstić information content (AvgIpc) is 2.56. The Morgan fingerprint density at radius 1 is 1.17 bits per heavy atom. The van der Waals surface area contributed by atoms with E-state index >= 15 is 0 Å². The molecule has 1 aromatic heterocycles. The van der Waals surface area contributed by atoms with Crippen molar-refractivity contribution >= 4 is 16.7 Å². The monoisotopic (exact) mass is 337 g/mol. The molecule has 8 heteroatoms. The maximum atomic E-state index is 11.6. The molecule has 3 rings (SSSR count). The Balaban J connectivity index is 1.86. The summed E-state index contributed by atoms with van der Waals surface area (Å²) in [7, 11) is 0. The molecule has 0 spiro atoms. The van der Waals surface area contributed by atoms with Gasteiger partial charge in [-0.05, 0) is 25.1 Å². The zero-order chi connectivity index (χ0) is 17.4. The molecule has 5 N–H and O–H groups in total. The highest BCUT2D eigenvalue weighted by Gasteiger charge is 2.43. The van der Waals surface area contributed by atoms with Crippen LogP contribution in [0.15, 0.2) is 33.5 Å². The predicted molar refractivity (Wildman–Crippen MR) is 84.6 cm³/mol. The van der Waals surface area contributed by atoms with Crippen LogP contribution < -0.4 is 10.9 Å². The van der Waals surface area contributed by atoms with Crippen molar-refractivity contribution in [3.8, 4) is 0 Å². The minimum atomic E-state index is -1.43. The van der Waals surface area contributed by atoms with Crippen LogP contribution in [0.1, 0.15) is 5.56 Å². The van der Waals surface area contributed by atoms with Gasteiger partial charge in [0.15, 0.2) is 6.29 Å². The molecule has 1 fully saturated rings. The molecule has 1 aromatic carbocycles. The third-order valence-corrected chi connectivity index (χ3v) is 4.14. The van der Waals surface area contributed by atoms with Gasteiger partial charge in [-0.3, -0.25) is 0 Å². The lowest BCUT2D eigenvalue weighted by Crippen LogP contribution is -2.61. The van der Waals surface area contributed by atoms with Crippen molar-refractivity contribution in [1.29, 1.82) is 0 Å². The lowest BCUT2D eigenvalue weighted by atomic mass is 9.97. The van der Waals surface area contributed by atoms with Crippen LogP contribution in [-0.4, -0.2) is 57.7 Å². The minimum absolute atomic E-state index is 0.352. The van der Waals surface area contributed by atoms with E-state index in [9.17, 15) is 20.1 Å². The Morgan fingerprint density at radius 2 is 1.92 bits per heavy atom. The fraction of sp³-hybridized carbons (Fsp3) is 0.438. The van der Waals surface area contributed by atoms with Crippen molar-refractivity contribution in [2.24, 2.45) is 0 Å². The summed E-state index contributed by atoms with van der Waals surface area (Å²) >= 11 is 0. The van der Waals surface area contributed by atoms with Gasteiger partial charge in [-0.15, -0.1) is 0 Å². The number of aliphatic hydroxyl groups is 4. The molecule has 1 aliphatic rings. The molecule has 0 bridgehead atoms. The van der Waals surface area contributed by atoms with E-state index in [2.05, 4.69) is 5.32 Å². The normalized spacial score (nSPS) is 30.5. The van der Waals surface area contributed by atoms with Crippen LogP contribution in [0.5, 0.6) is 0 Å². The first-order chi connectivity index (χ1) is 11.4. The van der Waals surface area contributed by atoms with Gasteiger partial charge >= 0.3 is 5.63 Å². The van der Waals surface area contributed by atoms with Crippen LogP contribution >= 0.6 is 0 Å². The summed E-state index contributed by atoms with van der Waals surface area (Å²) in [6.45, 7) is 1.13. The van der Waals surface area contributed by atoms with E-state index in [-0.39, 0.29) is 0 Å². The van der Waals surface area contributed by atoms with Gasteiger partial charge < -0.3 is 34.9 Å². The minimum Gasteiger partial charge on any atom is -0.422 e. The van der Waals surface area contributed by atoms with Crippen molar-refractivity contribution in [2.45, 2.75) is 37.6 Å². The fourth-order valence-corrected chi connectivity index (χ4v) is 2.75. The Hall–Kier alpha value is -1.97. The molecule has 8 nitrogen and oxygen atoms in total. The van der Waals surface area contributed by atoms with Crippen LogP contribution in [0.3, 0.4) is 0 Å². The van der Waals surface area contributed by atoms with Gasteiger partial charge in [0.1, 0.15) is 29.9 Å². The van der Waals surface area contributed by atoms with E-state index in [0.29, 0.717) is 16.8 Å². The van der Waals surface area contributed by atoms with E-state index in [1.165, 1.54) is 0 Å². The molecule has 130 valence electrons. The summed E-state index contributed by atoms with van der Waals surface area (Å²) in [6.07, 6.45) is -5.20. The number of benzene rings is 1. The summed E-state index contributed by atoms with van der Waals surface area (Å²) < 4.78 is 10.3. The van der Waals surface area contributed by atoms with E-state index in [0.717, 1.165) is 5.39 Å². The first-order valence-electron chi connectivity index (χ1n) is 7.52. The van der Waals surface area contributed by atoms with Gasteiger partial charge in [-0.2, -0.15) is 0 Å². The van der Waals surface area contributed by atoms with Crippen molar-refractivity contribution in [3.63, 3.8) is 0 Å². The van der Waals surface area contributed by atoms with Crippen LogP contribution in [0, 0.1) is 6.92 Å². The van der Waals surface area contributed by atoms with E-state index < -0.39 is 42.9 Å².